The molecule has 2 aromatic carbocycles. The van der Waals surface area contributed by atoms with Crippen molar-refractivity contribution in [3.8, 4) is 0 Å². The van der Waals surface area contributed by atoms with Crippen LogP contribution in [0.15, 0.2) is 68.3 Å². The summed E-state index contributed by atoms with van der Waals surface area (Å²) in [6, 6.07) is 16.8. The van der Waals surface area contributed by atoms with Crippen LogP contribution in [0.25, 0.3) is 6.08 Å². The molecular formula is C18H15BrN2S3. The molecule has 0 aliphatic carbocycles. The largest absolute Gasteiger partial charge is 0.175 e. The Labute approximate surface area is 162 Å². The Morgan fingerprint density at radius 1 is 0.875 bits per heavy atom. The van der Waals surface area contributed by atoms with Gasteiger partial charge in [0.15, 0.2) is 8.68 Å². The summed E-state index contributed by atoms with van der Waals surface area (Å²) in [5, 5.41) is 8.55. The Kier molecular flexibility index (Phi) is 6.54. The van der Waals surface area contributed by atoms with Crippen LogP contribution in [0.4, 0.5) is 0 Å². The summed E-state index contributed by atoms with van der Waals surface area (Å²) in [5.74, 6) is 1.82. The Bertz CT molecular complexity index is 798. The van der Waals surface area contributed by atoms with Gasteiger partial charge in [-0.3, -0.25) is 0 Å². The molecule has 2 nitrogen and oxygen atoms in total. The third-order valence-corrected chi connectivity index (χ3v) is 7.10. The fourth-order valence-corrected chi connectivity index (χ4v) is 5.13. The van der Waals surface area contributed by atoms with E-state index in [1.165, 1.54) is 11.1 Å². The topological polar surface area (TPSA) is 25.8 Å². The van der Waals surface area contributed by atoms with Crippen LogP contribution in [0.2, 0.25) is 0 Å². The van der Waals surface area contributed by atoms with Crippen LogP contribution in [0.1, 0.15) is 16.7 Å². The maximum atomic E-state index is 4.28. The fraction of sp³-hybridized carbons (Fsp3) is 0.111. The second-order valence-corrected chi connectivity index (χ2v) is 9.32. The minimum Gasteiger partial charge on any atom is -0.131 e. The lowest BCUT2D eigenvalue weighted by atomic mass is 10.1. The van der Waals surface area contributed by atoms with Gasteiger partial charge in [-0.15, -0.1) is 10.2 Å². The zero-order valence-corrected chi connectivity index (χ0v) is 16.9. The molecule has 1 aromatic heterocycles. The van der Waals surface area contributed by atoms with Crippen LogP contribution in [0.3, 0.4) is 0 Å². The number of nitrogens with zero attached hydrogens (tertiary/aromatic N) is 2. The van der Waals surface area contributed by atoms with E-state index >= 15 is 0 Å². The van der Waals surface area contributed by atoms with Gasteiger partial charge in [-0.25, -0.2) is 0 Å². The first kappa shape index (κ1) is 17.7. The zero-order chi connectivity index (χ0) is 16.8. The van der Waals surface area contributed by atoms with Crippen molar-refractivity contribution in [1.29, 1.82) is 0 Å². The molecule has 1 heterocycles. The van der Waals surface area contributed by atoms with Gasteiger partial charge in [0, 0.05) is 16.0 Å². The van der Waals surface area contributed by atoms with Crippen LogP contribution in [0.5, 0.6) is 0 Å². The van der Waals surface area contributed by atoms with Crippen molar-refractivity contribution >= 4 is 56.9 Å². The smallest absolute Gasteiger partial charge is 0.131 e. The summed E-state index contributed by atoms with van der Waals surface area (Å²) in [4.78, 5) is 0. The van der Waals surface area contributed by atoms with E-state index in [1.54, 1.807) is 34.9 Å². The maximum absolute atomic E-state index is 4.28. The first-order valence-electron chi connectivity index (χ1n) is 7.28. The van der Waals surface area contributed by atoms with Gasteiger partial charge in [-0.1, -0.05) is 99.8 Å². The lowest BCUT2D eigenvalue weighted by molar-refractivity contribution is 0.954. The third kappa shape index (κ3) is 5.21. The van der Waals surface area contributed by atoms with Gasteiger partial charge in [-0.05, 0) is 28.8 Å². The number of halogens is 1. The summed E-state index contributed by atoms with van der Waals surface area (Å²) < 4.78 is 3.13. The fourth-order valence-electron chi connectivity index (χ4n) is 1.93. The normalized spacial score (nSPS) is 10.7. The van der Waals surface area contributed by atoms with Crippen LogP contribution in [0, 0.1) is 0 Å². The predicted octanol–water partition coefficient (Wildman–Crippen LogP) is 6.53. The highest BCUT2D eigenvalue weighted by molar-refractivity contribution is 9.10. The van der Waals surface area contributed by atoms with Crippen molar-refractivity contribution < 1.29 is 0 Å². The van der Waals surface area contributed by atoms with Crippen LogP contribution in [-0.4, -0.2) is 10.2 Å². The Hall–Kier alpha value is -1.08. The minimum atomic E-state index is 0.906. The molecule has 0 spiro atoms. The molecule has 122 valence electrons. The lowest BCUT2D eigenvalue weighted by Crippen LogP contribution is -1.81. The Balaban J connectivity index is 1.51. The van der Waals surface area contributed by atoms with Gasteiger partial charge in [-0.2, -0.15) is 0 Å². The summed E-state index contributed by atoms with van der Waals surface area (Å²) in [7, 11) is 0. The predicted molar refractivity (Wildman–Crippen MR) is 110 cm³/mol. The lowest BCUT2D eigenvalue weighted by Gasteiger charge is -1.99. The van der Waals surface area contributed by atoms with Gasteiger partial charge < -0.3 is 0 Å². The number of aromatic nitrogens is 2. The molecule has 0 bridgehead atoms. The standard InChI is InChI=1S/C18H15BrN2S3/c1-2-13-3-5-14(6-4-13)11-22-17-20-21-18(24-17)23-12-15-7-9-16(19)10-8-15/h2-10H,1,11-12H2. The highest BCUT2D eigenvalue weighted by Crippen LogP contribution is 2.32. The molecule has 0 aliphatic rings. The average Bonchev–Trinajstić information content (AvgIpc) is 3.08. The Morgan fingerprint density at radius 2 is 1.38 bits per heavy atom. The van der Waals surface area contributed by atoms with E-state index in [0.29, 0.717) is 0 Å². The van der Waals surface area contributed by atoms with Crippen molar-refractivity contribution in [3.63, 3.8) is 0 Å². The molecule has 24 heavy (non-hydrogen) atoms. The quantitative estimate of drug-likeness (QED) is 0.394. The maximum Gasteiger partial charge on any atom is 0.175 e. The van der Waals surface area contributed by atoms with E-state index in [2.05, 4.69) is 81.2 Å². The van der Waals surface area contributed by atoms with Crippen molar-refractivity contribution in [2.24, 2.45) is 0 Å². The molecular weight excluding hydrogens is 420 g/mol. The van der Waals surface area contributed by atoms with Crippen molar-refractivity contribution in [1.82, 2.24) is 10.2 Å². The van der Waals surface area contributed by atoms with Crippen molar-refractivity contribution in [2.45, 2.75) is 20.2 Å². The molecule has 0 atom stereocenters. The summed E-state index contributed by atoms with van der Waals surface area (Å²) in [6.07, 6.45) is 1.86. The number of thioether (sulfide) groups is 2. The molecule has 0 N–H and O–H groups in total. The molecule has 3 aromatic rings. The van der Waals surface area contributed by atoms with E-state index in [4.69, 9.17) is 0 Å². The molecule has 0 amide bonds. The highest BCUT2D eigenvalue weighted by Gasteiger charge is 2.06. The molecule has 0 fully saturated rings. The highest BCUT2D eigenvalue weighted by atomic mass is 79.9. The minimum absolute atomic E-state index is 0.906. The number of hydrogen-bond acceptors (Lipinski definition) is 5. The zero-order valence-electron chi connectivity index (χ0n) is 12.8. The average molecular weight is 435 g/mol. The SMILES string of the molecule is C=Cc1ccc(CSc2nnc(SCc3ccc(Br)cc3)s2)cc1. The van der Waals surface area contributed by atoms with Gasteiger partial charge >= 0.3 is 0 Å². The molecule has 6 heteroatoms. The van der Waals surface area contributed by atoms with Crippen LogP contribution >= 0.6 is 50.8 Å². The van der Waals surface area contributed by atoms with E-state index in [0.717, 1.165) is 30.2 Å². The van der Waals surface area contributed by atoms with Gasteiger partial charge in [0.1, 0.15) is 0 Å². The van der Waals surface area contributed by atoms with Crippen LogP contribution < -0.4 is 0 Å². The summed E-state index contributed by atoms with van der Waals surface area (Å²) in [6.45, 7) is 3.77. The first-order valence-corrected chi connectivity index (χ1v) is 10.9. The van der Waals surface area contributed by atoms with Gasteiger partial charge in [0.05, 0.1) is 0 Å². The van der Waals surface area contributed by atoms with E-state index in [1.807, 2.05) is 6.08 Å². The molecule has 0 radical (unpaired) electrons. The van der Waals surface area contributed by atoms with Crippen molar-refractivity contribution in [2.75, 3.05) is 0 Å². The molecule has 0 unspecified atom stereocenters. The van der Waals surface area contributed by atoms with Gasteiger partial charge in [0.25, 0.3) is 0 Å². The monoisotopic (exact) mass is 434 g/mol. The summed E-state index contributed by atoms with van der Waals surface area (Å²) >= 11 is 8.58. The second-order valence-electron chi connectivity index (χ2n) is 4.98. The molecule has 0 saturated heterocycles. The van der Waals surface area contributed by atoms with E-state index in [9.17, 15) is 0 Å². The third-order valence-electron chi connectivity index (χ3n) is 3.24. The van der Waals surface area contributed by atoms with Crippen LogP contribution in [-0.2, 0) is 11.5 Å². The number of benzene rings is 2. The Morgan fingerprint density at radius 3 is 1.88 bits per heavy atom. The van der Waals surface area contributed by atoms with E-state index < -0.39 is 0 Å². The molecule has 0 saturated carbocycles. The number of rotatable bonds is 7. The molecule has 0 aliphatic heterocycles. The summed E-state index contributed by atoms with van der Waals surface area (Å²) in [5.41, 5.74) is 3.71. The van der Waals surface area contributed by atoms with E-state index in [-0.39, 0.29) is 0 Å². The first-order chi connectivity index (χ1) is 11.7. The second kappa shape index (κ2) is 8.85. The van der Waals surface area contributed by atoms with Gasteiger partial charge in [0.2, 0.25) is 0 Å². The molecule has 3 rings (SSSR count). The number of hydrogen-bond donors (Lipinski definition) is 0. The van der Waals surface area contributed by atoms with Crippen molar-refractivity contribution in [3.05, 3.63) is 76.3 Å².